The van der Waals surface area contributed by atoms with Crippen LogP contribution in [-0.4, -0.2) is 23.7 Å². The largest absolute Gasteiger partial charge is 0.450 e. The van der Waals surface area contributed by atoms with Gasteiger partial charge in [0.1, 0.15) is 0 Å². The van der Waals surface area contributed by atoms with Crippen LogP contribution in [0.5, 0.6) is 0 Å². The molecule has 1 aromatic heterocycles. The molecule has 4 heteroatoms. The second-order valence-electron chi connectivity index (χ2n) is 5.70. The molecule has 3 rings (SSSR count). The van der Waals surface area contributed by atoms with Gasteiger partial charge in [-0.15, -0.1) is 0 Å². The predicted octanol–water partition coefficient (Wildman–Crippen LogP) is 3.55. The fourth-order valence-electron chi connectivity index (χ4n) is 3.02. The summed E-state index contributed by atoms with van der Waals surface area (Å²) in [7, 11) is 0. The highest BCUT2D eigenvalue weighted by Crippen LogP contribution is 2.28. The van der Waals surface area contributed by atoms with Gasteiger partial charge in [0.2, 0.25) is 0 Å². The molecule has 0 aliphatic heterocycles. The van der Waals surface area contributed by atoms with E-state index in [2.05, 4.69) is 35.4 Å². The molecule has 0 fully saturated rings. The number of H-pyrrole nitrogens is 1. The van der Waals surface area contributed by atoms with Crippen molar-refractivity contribution in [3.63, 3.8) is 0 Å². The molecule has 0 bridgehead atoms. The number of alkyl carbamates (subject to hydrolysis) is 1. The molecule has 112 valence electrons. The first-order chi connectivity index (χ1) is 10.3. The maximum atomic E-state index is 11.7. The van der Waals surface area contributed by atoms with Gasteiger partial charge in [-0.2, -0.15) is 0 Å². The number of ether oxygens (including phenoxy) is 1. The first-order valence-corrected chi connectivity index (χ1v) is 7.79. The monoisotopic (exact) mass is 286 g/mol. The summed E-state index contributed by atoms with van der Waals surface area (Å²) in [4.78, 5) is 15.2. The molecule has 0 radical (unpaired) electrons. The molecule has 1 heterocycles. The van der Waals surface area contributed by atoms with Gasteiger partial charge in [0.15, 0.2) is 0 Å². The number of nitrogens with one attached hydrogen (secondary N) is 2. The molecule has 1 aliphatic rings. The first kappa shape index (κ1) is 14.0. The highest BCUT2D eigenvalue weighted by atomic mass is 16.5. The summed E-state index contributed by atoms with van der Waals surface area (Å²) in [5, 5.41) is 4.30. The zero-order chi connectivity index (χ0) is 14.7. The van der Waals surface area contributed by atoms with Gasteiger partial charge in [0.25, 0.3) is 0 Å². The van der Waals surface area contributed by atoms with E-state index in [0.717, 1.165) is 32.1 Å². The van der Waals surface area contributed by atoms with Gasteiger partial charge < -0.3 is 15.0 Å². The smallest absolute Gasteiger partial charge is 0.407 e. The maximum Gasteiger partial charge on any atom is 0.407 e. The van der Waals surface area contributed by atoms with Gasteiger partial charge >= 0.3 is 6.09 Å². The van der Waals surface area contributed by atoms with E-state index in [4.69, 9.17) is 4.74 Å². The molecule has 21 heavy (non-hydrogen) atoms. The van der Waals surface area contributed by atoms with E-state index < -0.39 is 0 Å². The minimum absolute atomic E-state index is 0.166. The van der Waals surface area contributed by atoms with Crippen LogP contribution in [0.4, 0.5) is 4.79 Å². The third kappa shape index (κ3) is 3.04. The number of rotatable bonds is 4. The highest BCUT2D eigenvalue weighted by molar-refractivity contribution is 5.85. The molecule has 0 saturated heterocycles. The number of para-hydroxylation sites is 1. The van der Waals surface area contributed by atoms with Gasteiger partial charge in [-0.25, -0.2) is 4.79 Å². The minimum atomic E-state index is -0.284. The van der Waals surface area contributed by atoms with E-state index in [1.54, 1.807) is 0 Å². The summed E-state index contributed by atoms with van der Waals surface area (Å²) in [6.45, 7) is 2.59. The molecule has 4 nitrogen and oxygen atoms in total. The number of amides is 1. The molecule has 0 saturated carbocycles. The third-order valence-corrected chi connectivity index (χ3v) is 4.15. The van der Waals surface area contributed by atoms with E-state index in [0.29, 0.717) is 6.61 Å². The summed E-state index contributed by atoms with van der Waals surface area (Å²) in [6.07, 6.45) is 4.50. The van der Waals surface area contributed by atoms with Crippen LogP contribution in [0.2, 0.25) is 0 Å². The number of hydrogen-bond donors (Lipinski definition) is 2. The van der Waals surface area contributed by atoms with Crippen molar-refractivity contribution in [3.05, 3.63) is 35.5 Å². The first-order valence-electron chi connectivity index (χ1n) is 7.79. The zero-order valence-corrected chi connectivity index (χ0v) is 12.4. The Kier molecular flexibility index (Phi) is 4.13. The topological polar surface area (TPSA) is 54.1 Å². The Balaban J connectivity index is 1.63. The molecule has 2 N–H and O–H groups in total. The van der Waals surface area contributed by atoms with Crippen molar-refractivity contribution in [3.8, 4) is 0 Å². The van der Waals surface area contributed by atoms with Crippen molar-refractivity contribution in [2.45, 2.75) is 45.1 Å². The van der Waals surface area contributed by atoms with Gasteiger partial charge in [0, 0.05) is 29.1 Å². The molecule has 1 atom stereocenters. The van der Waals surface area contributed by atoms with E-state index in [1.807, 2.05) is 6.07 Å². The Hall–Kier alpha value is -1.97. The SMILES string of the molecule is CCCCOC(=O)NC1CCc2c([nH]c3ccccc23)C1. The minimum Gasteiger partial charge on any atom is -0.450 e. The van der Waals surface area contributed by atoms with Crippen molar-refractivity contribution in [1.29, 1.82) is 0 Å². The van der Waals surface area contributed by atoms with Crippen LogP contribution in [0.3, 0.4) is 0 Å². The van der Waals surface area contributed by atoms with E-state index in [9.17, 15) is 4.79 Å². The fourth-order valence-corrected chi connectivity index (χ4v) is 3.02. The van der Waals surface area contributed by atoms with Crippen LogP contribution >= 0.6 is 0 Å². The van der Waals surface area contributed by atoms with Gasteiger partial charge in [-0.3, -0.25) is 0 Å². The Morgan fingerprint density at radius 2 is 2.29 bits per heavy atom. The lowest BCUT2D eigenvalue weighted by Gasteiger charge is -2.23. The number of aryl methyl sites for hydroxylation is 1. The van der Waals surface area contributed by atoms with Crippen LogP contribution in [0.15, 0.2) is 24.3 Å². The van der Waals surface area contributed by atoms with Gasteiger partial charge in [-0.1, -0.05) is 31.5 Å². The van der Waals surface area contributed by atoms with Crippen LogP contribution in [-0.2, 0) is 17.6 Å². The van der Waals surface area contributed by atoms with Crippen LogP contribution in [0.1, 0.15) is 37.4 Å². The molecule has 2 aromatic rings. The second-order valence-corrected chi connectivity index (χ2v) is 5.70. The van der Waals surface area contributed by atoms with Crippen molar-refractivity contribution in [2.24, 2.45) is 0 Å². The summed E-state index contributed by atoms with van der Waals surface area (Å²) in [6, 6.07) is 8.56. The highest BCUT2D eigenvalue weighted by Gasteiger charge is 2.23. The lowest BCUT2D eigenvalue weighted by molar-refractivity contribution is 0.139. The number of aromatic amines is 1. The summed E-state index contributed by atoms with van der Waals surface area (Å²) >= 11 is 0. The Labute approximate surface area is 124 Å². The Bertz CT molecular complexity index is 633. The molecular formula is C17H22N2O2. The molecular weight excluding hydrogens is 264 g/mol. The van der Waals surface area contributed by atoms with Crippen molar-refractivity contribution >= 4 is 17.0 Å². The number of carbonyl (C=O) groups excluding carboxylic acids is 1. The number of carbonyl (C=O) groups is 1. The van der Waals surface area contributed by atoms with Crippen molar-refractivity contribution in [1.82, 2.24) is 10.3 Å². The molecule has 1 amide bonds. The average molecular weight is 286 g/mol. The summed E-state index contributed by atoms with van der Waals surface area (Å²) in [5.41, 5.74) is 3.85. The number of benzene rings is 1. The number of fused-ring (bicyclic) bond motifs is 3. The van der Waals surface area contributed by atoms with Crippen LogP contribution in [0.25, 0.3) is 10.9 Å². The van der Waals surface area contributed by atoms with Crippen LogP contribution in [0, 0.1) is 0 Å². The molecule has 1 aliphatic carbocycles. The number of unbranched alkanes of at least 4 members (excludes halogenated alkanes) is 1. The lowest BCUT2D eigenvalue weighted by Crippen LogP contribution is -2.39. The average Bonchev–Trinajstić information content (AvgIpc) is 2.85. The standard InChI is InChI=1S/C17H22N2O2/c1-2-3-10-21-17(20)18-12-8-9-14-13-6-4-5-7-15(13)19-16(14)11-12/h4-7,12,19H,2-3,8-11H2,1H3,(H,18,20). The molecule has 0 spiro atoms. The lowest BCUT2D eigenvalue weighted by atomic mass is 9.92. The van der Waals surface area contributed by atoms with Gasteiger partial charge in [-0.05, 0) is 30.9 Å². The summed E-state index contributed by atoms with van der Waals surface area (Å²) in [5.74, 6) is 0. The van der Waals surface area contributed by atoms with E-state index in [-0.39, 0.29) is 12.1 Å². The fraction of sp³-hybridized carbons (Fsp3) is 0.471. The van der Waals surface area contributed by atoms with E-state index in [1.165, 1.54) is 22.2 Å². The number of aromatic nitrogens is 1. The molecule has 1 unspecified atom stereocenters. The summed E-state index contributed by atoms with van der Waals surface area (Å²) < 4.78 is 5.17. The quantitative estimate of drug-likeness (QED) is 0.844. The zero-order valence-electron chi connectivity index (χ0n) is 12.4. The normalized spacial score (nSPS) is 17.5. The maximum absolute atomic E-state index is 11.7. The third-order valence-electron chi connectivity index (χ3n) is 4.15. The number of hydrogen-bond acceptors (Lipinski definition) is 2. The second kappa shape index (κ2) is 6.20. The van der Waals surface area contributed by atoms with E-state index >= 15 is 0 Å². The Morgan fingerprint density at radius 3 is 3.14 bits per heavy atom. The van der Waals surface area contributed by atoms with Gasteiger partial charge in [0.05, 0.1) is 6.61 Å². The molecule has 1 aromatic carbocycles. The predicted molar refractivity (Wildman–Crippen MR) is 83.5 cm³/mol. The van der Waals surface area contributed by atoms with Crippen molar-refractivity contribution in [2.75, 3.05) is 6.61 Å². The van der Waals surface area contributed by atoms with Crippen molar-refractivity contribution < 1.29 is 9.53 Å². The Morgan fingerprint density at radius 1 is 1.43 bits per heavy atom. The van der Waals surface area contributed by atoms with Crippen LogP contribution < -0.4 is 5.32 Å².